The molecule has 3 aliphatic rings. The Bertz CT molecular complexity index is 394. The zero-order valence-electron chi connectivity index (χ0n) is 12.7. The van der Waals surface area contributed by atoms with E-state index in [4.69, 9.17) is 4.74 Å². The molecule has 0 aromatic rings. The van der Waals surface area contributed by atoms with Crippen molar-refractivity contribution >= 4 is 11.8 Å². The fraction of sp³-hybridized carbons (Fsp3) is 0.875. The molecule has 2 amide bonds. The molecule has 1 aliphatic heterocycles. The molecule has 2 aliphatic carbocycles. The number of hydrogen-bond donors (Lipinski definition) is 2. The van der Waals surface area contributed by atoms with Crippen molar-refractivity contribution in [3.63, 3.8) is 0 Å². The predicted octanol–water partition coefficient (Wildman–Crippen LogP) is 1.51. The number of carbonyl (C=O) groups is 2. The Hall–Kier alpha value is -1.10. The van der Waals surface area contributed by atoms with E-state index in [2.05, 4.69) is 10.6 Å². The molecule has 2 N–H and O–H groups in total. The van der Waals surface area contributed by atoms with E-state index in [1.165, 1.54) is 12.8 Å². The van der Waals surface area contributed by atoms with Gasteiger partial charge in [0.2, 0.25) is 11.8 Å². The largest absolute Gasteiger partial charge is 0.378 e. The van der Waals surface area contributed by atoms with Gasteiger partial charge in [-0.05, 0) is 44.4 Å². The summed E-state index contributed by atoms with van der Waals surface area (Å²) in [5.41, 5.74) is -0.662. The third-order valence-electron chi connectivity index (χ3n) is 4.96. The summed E-state index contributed by atoms with van der Waals surface area (Å²) in [5, 5.41) is 6.07. The number of carbonyl (C=O) groups excluding carboxylic acids is 2. The van der Waals surface area contributed by atoms with E-state index in [9.17, 15) is 9.59 Å². The van der Waals surface area contributed by atoms with Crippen LogP contribution in [0, 0.1) is 5.92 Å². The third-order valence-corrected chi connectivity index (χ3v) is 4.96. The maximum absolute atomic E-state index is 12.5. The molecule has 0 radical (unpaired) electrons. The Morgan fingerprint density at radius 2 is 1.86 bits per heavy atom. The van der Waals surface area contributed by atoms with Gasteiger partial charge in [-0.2, -0.15) is 0 Å². The van der Waals surface area contributed by atoms with Gasteiger partial charge in [0.05, 0.1) is 12.5 Å². The van der Waals surface area contributed by atoms with Crippen LogP contribution in [0.1, 0.15) is 57.8 Å². The highest BCUT2D eigenvalue weighted by Crippen LogP contribution is 2.32. The molecular weight excluding hydrogens is 268 g/mol. The molecular formula is C16H26N2O3. The molecule has 1 unspecified atom stereocenters. The Morgan fingerprint density at radius 3 is 2.48 bits per heavy atom. The minimum absolute atomic E-state index is 0.0209. The standard InChI is InChI=1S/C16H26N2O3/c19-14(10-13-4-3-9-21-13)18-16(7-1-2-8-16)15(20)17-11-12-5-6-12/h12-13H,1-11H2,(H,17,20)(H,18,19). The SMILES string of the molecule is O=C(CC1CCCO1)NC1(C(=O)NCC2CC2)CCCC1. The van der Waals surface area contributed by atoms with Gasteiger partial charge in [0.15, 0.2) is 0 Å². The first kappa shape index (κ1) is 14.8. The van der Waals surface area contributed by atoms with Gasteiger partial charge in [-0.1, -0.05) is 12.8 Å². The second-order valence-electron chi connectivity index (χ2n) is 6.83. The Kier molecular flexibility index (Phi) is 4.48. The van der Waals surface area contributed by atoms with Crippen LogP contribution in [0.3, 0.4) is 0 Å². The fourth-order valence-electron chi connectivity index (χ4n) is 3.45. The summed E-state index contributed by atoms with van der Waals surface area (Å²) in [7, 11) is 0. The van der Waals surface area contributed by atoms with Gasteiger partial charge in [-0.15, -0.1) is 0 Å². The molecule has 5 nitrogen and oxygen atoms in total. The number of hydrogen-bond acceptors (Lipinski definition) is 3. The summed E-state index contributed by atoms with van der Waals surface area (Å²) in [5.74, 6) is 0.646. The van der Waals surface area contributed by atoms with Gasteiger partial charge in [-0.3, -0.25) is 9.59 Å². The topological polar surface area (TPSA) is 67.4 Å². The van der Waals surface area contributed by atoms with Gasteiger partial charge >= 0.3 is 0 Å². The molecule has 1 heterocycles. The van der Waals surface area contributed by atoms with Crippen LogP contribution in [0.4, 0.5) is 0 Å². The van der Waals surface area contributed by atoms with E-state index in [1.54, 1.807) is 0 Å². The summed E-state index contributed by atoms with van der Waals surface area (Å²) >= 11 is 0. The summed E-state index contributed by atoms with van der Waals surface area (Å²) in [6.45, 7) is 1.52. The lowest BCUT2D eigenvalue weighted by atomic mass is 9.95. The first-order chi connectivity index (χ1) is 10.2. The first-order valence-electron chi connectivity index (χ1n) is 8.39. The molecule has 0 bridgehead atoms. The molecule has 1 atom stereocenters. The van der Waals surface area contributed by atoms with Crippen LogP contribution in [0.5, 0.6) is 0 Å². The molecule has 3 rings (SSSR count). The molecule has 118 valence electrons. The van der Waals surface area contributed by atoms with Crippen molar-refractivity contribution in [1.29, 1.82) is 0 Å². The van der Waals surface area contributed by atoms with E-state index in [0.29, 0.717) is 12.3 Å². The van der Waals surface area contributed by atoms with Crippen LogP contribution in [0.15, 0.2) is 0 Å². The molecule has 2 saturated carbocycles. The zero-order valence-corrected chi connectivity index (χ0v) is 12.7. The summed E-state index contributed by atoms with van der Waals surface area (Å²) < 4.78 is 5.51. The molecule has 3 fully saturated rings. The fourth-order valence-corrected chi connectivity index (χ4v) is 3.45. The van der Waals surface area contributed by atoms with Crippen LogP contribution in [0.2, 0.25) is 0 Å². The van der Waals surface area contributed by atoms with Gasteiger partial charge in [0.1, 0.15) is 5.54 Å². The molecule has 0 spiro atoms. The number of ether oxygens (including phenoxy) is 1. The van der Waals surface area contributed by atoms with Crippen molar-refractivity contribution in [3.8, 4) is 0 Å². The average Bonchev–Trinajstić information content (AvgIpc) is 2.93. The Morgan fingerprint density at radius 1 is 1.10 bits per heavy atom. The molecule has 0 aromatic heterocycles. The first-order valence-corrected chi connectivity index (χ1v) is 8.39. The second-order valence-corrected chi connectivity index (χ2v) is 6.83. The molecule has 1 saturated heterocycles. The van der Waals surface area contributed by atoms with Crippen LogP contribution in [0.25, 0.3) is 0 Å². The van der Waals surface area contributed by atoms with Crippen molar-refractivity contribution in [2.75, 3.05) is 13.2 Å². The lowest BCUT2D eigenvalue weighted by Gasteiger charge is -2.29. The maximum Gasteiger partial charge on any atom is 0.245 e. The van der Waals surface area contributed by atoms with Gasteiger partial charge in [0.25, 0.3) is 0 Å². The minimum atomic E-state index is -0.662. The quantitative estimate of drug-likeness (QED) is 0.780. The van der Waals surface area contributed by atoms with Crippen LogP contribution in [-0.2, 0) is 14.3 Å². The summed E-state index contributed by atoms with van der Waals surface area (Å²) in [4.78, 5) is 24.8. The normalized spacial score (nSPS) is 27.5. The minimum Gasteiger partial charge on any atom is -0.378 e. The van der Waals surface area contributed by atoms with Crippen molar-refractivity contribution in [3.05, 3.63) is 0 Å². The summed E-state index contributed by atoms with van der Waals surface area (Å²) in [6, 6.07) is 0. The van der Waals surface area contributed by atoms with Crippen molar-refractivity contribution < 1.29 is 14.3 Å². The number of rotatable bonds is 6. The second kappa shape index (κ2) is 6.34. The molecule has 0 aromatic carbocycles. The van der Waals surface area contributed by atoms with Gasteiger partial charge in [0, 0.05) is 13.2 Å². The van der Waals surface area contributed by atoms with E-state index in [-0.39, 0.29) is 17.9 Å². The smallest absolute Gasteiger partial charge is 0.245 e. The van der Waals surface area contributed by atoms with Crippen LogP contribution >= 0.6 is 0 Å². The maximum atomic E-state index is 12.5. The van der Waals surface area contributed by atoms with E-state index in [0.717, 1.165) is 51.7 Å². The summed E-state index contributed by atoms with van der Waals surface area (Å²) in [6.07, 6.45) is 8.40. The Labute approximate surface area is 126 Å². The van der Waals surface area contributed by atoms with E-state index >= 15 is 0 Å². The van der Waals surface area contributed by atoms with E-state index < -0.39 is 5.54 Å². The lowest BCUT2D eigenvalue weighted by Crippen LogP contribution is -2.57. The highest BCUT2D eigenvalue weighted by molar-refractivity contribution is 5.91. The van der Waals surface area contributed by atoms with Crippen LogP contribution in [-0.4, -0.2) is 36.6 Å². The van der Waals surface area contributed by atoms with Gasteiger partial charge < -0.3 is 15.4 Å². The Balaban J connectivity index is 1.54. The van der Waals surface area contributed by atoms with E-state index in [1.807, 2.05) is 0 Å². The number of nitrogens with one attached hydrogen (secondary N) is 2. The lowest BCUT2D eigenvalue weighted by molar-refractivity contribution is -0.134. The highest BCUT2D eigenvalue weighted by atomic mass is 16.5. The van der Waals surface area contributed by atoms with Crippen molar-refractivity contribution in [1.82, 2.24) is 10.6 Å². The van der Waals surface area contributed by atoms with Gasteiger partial charge in [-0.25, -0.2) is 0 Å². The predicted molar refractivity (Wildman–Crippen MR) is 78.7 cm³/mol. The molecule has 21 heavy (non-hydrogen) atoms. The highest BCUT2D eigenvalue weighted by Gasteiger charge is 2.43. The monoisotopic (exact) mass is 294 g/mol. The zero-order chi connectivity index (χ0) is 14.7. The molecule has 5 heteroatoms. The van der Waals surface area contributed by atoms with Crippen molar-refractivity contribution in [2.24, 2.45) is 5.92 Å². The van der Waals surface area contributed by atoms with Crippen LogP contribution < -0.4 is 10.6 Å². The van der Waals surface area contributed by atoms with Crippen molar-refractivity contribution in [2.45, 2.75) is 69.4 Å². The third kappa shape index (κ3) is 3.76. The average molecular weight is 294 g/mol. The number of amides is 2.